The Labute approximate surface area is 164 Å². The molecule has 0 aliphatic rings. The van der Waals surface area contributed by atoms with Crippen LogP contribution in [0.25, 0.3) is 10.9 Å². The van der Waals surface area contributed by atoms with Crippen LogP contribution in [0.2, 0.25) is 0 Å². The lowest BCUT2D eigenvalue weighted by Crippen LogP contribution is -2.11. The van der Waals surface area contributed by atoms with Crippen molar-refractivity contribution < 1.29 is 17.9 Å². The monoisotopic (exact) mass is 401 g/mol. The average Bonchev–Trinajstić information content (AvgIpc) is 2.65. The first-order valence-corrected chi connectivity index (χ1v) is 10.7. The van der Waals surface area contributed by atoms with Crippen LogP contribution in [0.3, 0.4) is 0 Å². The lowest BCUT2D eigenvalue weighted by molar-refractivity contribution is 0.285. The molecule has 8 heteroatoms. The van der Waals surface area contributed by atoms with Gasteiger partial charge < -0.3 is 14.8 Å². The zero-order valence-electron chi connectivity index (χ0n) is 16.3. The van der Waals surface area contributed by atoms with Crippen LogP contribution in [0.1, 0.15) is 19.4 Å². The second kappa shape index (κ2) is 8.02. The highest BCUT2D eigenvalue weighted by atomic mass is 32.2. The first kappa shape index (κ1) is 19.9. The van der Waals surface area contributed by atoms with E-state index in [4.69, 9.17) is 9.47 Å². The topological polar surface area (TPSA) is 90.4 Å². The van der Waals surface area contributed by atoms with Gasteiger partial charge in [0.05, 0.1) is 17.5 Å². The van der Waals surface area contributed by atoms with Crippen LogP contribution >= 0.6 is 0 Å². The van der Waals surface area contributed by atoms with Crippen molar-refractivity contribution in [3.8, 4) is 11.5 Å². The van der Waals surface area contributed by atoms with Crippen LogP contribution in [0.5, 0.6) is 11.5 Å². The van der Waals surface area contributed by atoms with Crippen LogP contribution in [0.15, 0.2) is 47.6 Å². The molecular weight excluding hydrogens is 378 g/mol. The molecule has 0 unspecified atom stereocenters. The third-order valence-corrected chi connectivity index (χ3v) is 5.18. The minimum atomic E-state index is -3.27. The van der Waals surface area contributed by atoms with E-state index in [1.165, 1.54) is 12.6 Å². The molecule has 3 aromatic rings. The van der Waals surface area contributed by atoms with E-state index in [1.54, 1.807) is 31.4 Å². The molecule has 0 bridgehead atoms. The van der Waals surface area contributed by atoms with E-state index in [-0.39, 0.29) is 17.5 Å². The Morgan fingerprint density at radius 3 is 2.57 bits per heavy atom. The third-order valence-electron chi connectivity index (χ3n) is 4.07. The molecule has 1 heterocycles. The molecule has 0 amide bonds. The Morgan fingerprint density at radius 2 is 1.89 bits per heavy atom. The fourth-order valence-electron chi connectivity index (χ4n) is 2.75. The van der Waals surface area contributed by atoms with Crippen molar-refractivity contribution in [3.05, 3.63) is 48.3 Å². The van der Waals surface area contributed by atoms with Gasteiger partial charge in [0.1, 0.15) is 18.8 Å². The molecule has 1 N–H and O–H groups in total. The van der Waals surface area contributed by atoms with Gasteiger partial charge in [-0.25, -0.2) is 18.4 Å². The summed E-state index contributed by atoms with van der Waals surface area (Å²) in [6.07, 6.45) is 2.68. The summed E-state index contributed by atoms with van der Waals surface area (Å²) in [5, 5.41) is 4.13. The summed E-state index contributed by atoms with van der Waals surface area (Å²) in [5.41, 5.74) is 1.47. The number of hydrogen-bond donors (Lipinski definition) is 1. The Hall–Kier alpha value is -2.87. The molecule has 0 saturated carbocycles. The highest BCUT2D eigenvalue weighted by Gasteiger charge is 2.13. The van der Waals surface area contributed by atoms with Gasteiger partial charge in [0.15, 0.2) is 21.3 Å². The zero-order chi connectivity index (χ0) is 20.3. The van der Waals surface area contributed by atoms with Crippen LogP contribution in [0, 0.1) is 0 Å². The lowest BCUT2D eigenvalue weighted by atomic mass is 10.2. The SMILES string of the molecule is COc1cc2c(NC(C)C)ncnc2cc1OCc1cccc(S(C)(=O)=O)c1. The van der Waals surface area contributed by atoms with Gasteiger partial charge in [-0.2, -0.15) is 0 Å². The summed E-state index contributed by atoms with van der Waals surface area (Å²) in [6.45, 7) is 4.27. The van der Waals surface area contributed by atoms with E-state index in [0.29, 0.717) is 11.5 Å². The van der Waals surface area contributed by atoms with Crippen LogP contribution in [-0.2, 0) is 16.4 Å². The smallest absolute Gasteiger partial charge is 0.175 e. The minimum absolute atomic E-state index is 0.202. The molecule has 0 atom stereocenters. The zero-order valence-corrected chi connectivity index (χ0v) is 17.1. The molecule has 148 valence electrons. The van der Waals surface area contributed by atoms with Crippen molar-refractivity contribution in [1.29, 1.82) is 0 Å². The fourth-order valence-corrected chi connectivity index (χ4v) is 3.44. The molecule has 0 aliphatic heterocycles. The van der Waals surface area contributed by atoms with E-state index in [9.17, 15) is 8.42 Å². The van der Waals surface area contributed by atoms with Crippen molar-refractivity contribution >= 4 is 26.6 Å². The predicted octanol–water partition coefficient (Wildman–Crippen LogP) is 3.44. The number of fused-ring (bicyclic) bond motifs is 1. The number of aromatic nitrogens is 2. The van der Waals surface area contributed by atoms with Gasteiger partial charge in [-0.05, 0) is 37.6 Å². The van der Waals surface area contributed by atoms with Crippen LogP contribution < -0.4 is 14.8 Å². The number of hydrogen-bond acceptors (Lipinski definition) is 7. The number of anilines is 1. The van der Waals surface area contributed by atoms with Crippen LogP contribution in [0.4, 0.5) is 5.82 Å². The highest BCUT2D eigenvalue weighted by Crippen LogP contribution is 2.34. The van der Waals surface area contributed by atoms with Gasteiger partial charge in [0.2, 0.25) is 0 Å². The van der Waals surface area contributed by atoms with Gasteiger partial charge in [-0.1, -0.05) is 12.1 Å². The Bertz CT molecular complexity index is 1100. The number of ether oxygens (including phenoxy) is 2. The maximum absolute atomic E-state index is 11.7. The van der Waals surface area contributed by atoms with Gasteiger partial charge in [0.25, 0.3) is 0 Å². The number of sulfone groups is 1. The summed E-state index contributed by atoms with van der Waals surface area (Å²) in [5.74, 6) is 1.80. The Morgan fingerprint density at radius 1 is 1.11 bits per heavy atom. The third kappa shape index (κ3) is 4.51. The summed E-state index contributed by atoms with van der Waals surface area (Å²) in [4.78, 5) is 8.88. The molecule has 7 nitrogen and oxygen atoms in total. The number of rotatable bonds is 7. The summed E-state index contributed by atoms with van der Waals surface area (Å²) in [7, 11) is -1.70. The molecule has 0 fully saturated rings. The molecule has 0 radical (unpaired) electrons. The Balaban J connectivity index is 1.91. The van der Waals surface area contributed by atoms with Crippen molar-refractivity contribution in [3.63, 3.8) is 0 Å². The molecule has 1 aromatic heterocycles. The molecule has 0 saturated heterocycles. The molecule has 3 rings (SSSR count). The normalized spacial score (nSPS) is 11.6. The van der Waals surface area contributed by atoms with Gasteiger partial charge >= 0.3 is 0 Å². The van der Waals surface area contributed by atoms with Gasteiger partial charge in [0, 0.05) is 23.8 Å². The van der Waals surface area contributed by atoms with Gasteiger partial charge in [-0.15, -0.1) is 0 Å². The van der Waals surface area contributed by atoms with E-state index in [2.05, 4.69) is 15.3 Å². The van der Waals surface area contributed by atoms with E-state index in [0.717, 1.165) is 22.3 Å². The molecular formula is C20H23N3O4S. The number of nitrogens with one attached hydrogen (secondary N) is 1. The number of nitrogens with zero attached hydrogens (tertiary/aromatic N) is 2. The molecule has 0 spiro atoms. The van der Waals surface area contributed by atoms with E-state index in [1.807, 2.05) is 26.0 Å². The fraction of sp³-hybridized carbons (Fsp3) is 0.300. The highest BCUT2D eigenvalue weighted by molar-refractivity contribution is 7.90. The summed E-state index contributed by atoms with van der Waals surface area (Å²) in [6, 6.07) is 10.5. The summed E-state index contributed by atoms with van der Waals surface area (Å²) >= 11 is 0. The number of methoxy groups -OCH3 is 1. The standard InChI is InChI=1S/C20H23N3O4S/c1-13(2)23-20-16-9-18(26-3)19(10-17(16)21-12-22-20)27-11-14-6-5-7-15(8-14)28(4,24)25/h5-10,12-13H,11H2,1-4H3,(H,21,22,23). The quantitative estimate of drug-likeness (QED) is 0.648. The van der Waals surface area contributed by atoms with Crippen molar-refractivity contribution in [2.24, 2.45) is 0 Å². The molecule has 2 aromatic carbocycles. The predicted molar refractivity (Wildman–Crippen MR) is 109 cm³/mol. The van der Waals surface area contributed by atoms with Crippen molar-refractivity contribution in [2.45, 2.75) is 31.4 Å². The summed E-state index contributed by atoms with van der Waals surface area (Å²) < 4.78 is 34.9. The average molecular weight is 401 g/mol. The first-order chi connectivity index (χ1) is 13.3. The Kier molecular flexibility index (Phi) is 5.69. The second-order valence-corrected chi connectivity index (χ2v) is 8.77. The minimum Gasteiger partial charge on any atom is -0.493 e. The van der Waals surface area contributed by atoms with Crippen molar-refractivity contribution in [2.75, 3.05) is 18.7 Å². The van der Waals surface area contributed by atoms with Gasteiger partial charge in [-0.3, -0.25) is 0 Å². The first-order valence-electron chi connectivity index (χ1n) is 8.79. The van der Waals surface area contributed by atoms with E-state index >= 15 is 0 Å². The van der Waals surface area contributed by atoms with Crippen molar-refractivity contribution in [1.82, 2.24) is 9.97 Å². The van der Waals surface area contributed by atoms with E-state index < -0.39 is 9.84 Å². The number of benzene rings is 2. The maximum Gasteiger partial charge on any atom is 0.175 e. The largest absolute Gasteiger partial charge is 0.493 e. The molecule has 28 heavy (non-hydrogen) atoms. The maximum atomic E-state index is 11.7. The lowest BCUT2D eigenvalue weighted by Gasteiger charge is -2.15. The molecule has 0 aliphatic carbocycles. The second-order valence-electron chi connectivity index (χ2n) is 6.75. The van der Waals surface area contributed by atoms with Crippen LogP contribution in [-0.4, -0.2) is 37.8 Å².